The number of urea groups is 1. The minimum absolute atomic E-state index is 0.0254. The molecule has 39 heavy (non-hydrogen) atoms. The first-order valence-corrected chi connectivity index (χ1v) is 11.3. The van der Waals surface area contributed by atoms with E-state index in [4.69, 9.17) is 11.6 Å². The van der Waals surface area contributed by atoms with E-state index < -0.39 is 41.3 Å². The predicted molar refractivity (Wildman–Crippen MR) is 129 cm³/mol. The zero-order valence-corrected chi connectivity index (χ0v) is 20.1. The SMILES string of the molecule is O=C(Nc1cccc(C(F)(F)F)c1)Nc1cccc2c1C(=O)N(CCNc1ncc(C(F)(F)F)cc1Cl)C2=O. The maximum atomic E-state index is 13.0. The molecular weight excluding hydrogens is 556 g/mol. The van der Waals surface area contributed by atoms with E-state index in [-0.39, 0.29) is 46.4 Å². The minimum Gasteiger partial charge on any atom is -0.367 e. The van der Waals surface area contributed by atoms with Gasteiger partial charge < -0.3 is 16.0 Å². The number of halogens is 7. The number of imide groups is 1. The van der Waals surface area contributed by atoms with Gasteiger partial charge >= 0.3 is 18.4 Å². The van der Waals surface area contributed by atoms with Gasteiger partial charge in [0, 0.05) is 25.0 Å². The summed E-state index contributed by atoms with van der Waals surface area (Å²) in [5, 5.41) is 6.95. The Kier molecular flexibility index (Phi) is 7.41. The van der Waals surface area contributed by atoms with Gasteiger partial charge in [0.2, 0.25) is 0 Å². The van der Waals surface area contributed by atoms with Gasteiger partial charge in [0.25, 0.3) is 11.8 Å². The number of alkyl halides is 6. The highest BCUT2D eigenvalue weighted by Gasteiger charge is 2.38. The molecule has 2 heterocycles. The molecule has 0 aliphatic carbocycles. The van der Waals surface area contributed by atoms with Crippen LogP contribution in [0.25, 0.3) is 0 Å². The highest BCUT2D eigenvalue weighted by Crippen LogP contribution is 2.33. The number of hydrogen-bond acceptors (Lipinski definition) is 5. The van der Waals surface area contributed by atoms with Crippen LogP contribution < -0.4 is 16.0 Å². The zero-order valence-electron chi connectivity index (χ0n) is 19.4. The lowest BCUT2D eigenvalue weighted by Gasteiger charge is -2.16. The summed E-state index contributed by atoms with van der Waals surface area (Å²) in [6, 6.07) is 7.74. The first-order chi connectivity index (χ1) is 18.3. The van der Waals surface area contributed by atoms with Crippen LogP contribution in [0.15, 0.2) is 54.7 Å². The van der Waals surface area contributed by atoms with Gasteiger partial charge in [0.05, 0.1) is 33.0 Å². The van der Waals surface area contributed by atoms with Crippen molar-refractivity contribution in [2.45, 2.75) is 12.4 Å². The number of nitrogens with one attached hydrogen (secondary N) is 3. The number of carbonyl (C=O) groups excluding carboxylic acids is 3. The molecule has 3 aromatic rings. The molecule has 204 valence electrons. The molecular formula is C24H16ClF6N5O3. The van der Waals surface area contributed by atoms with Crippen molar-refractivity contribution >= 4 is 46.6 Å². The molecule has 0 spiro atoms. The summed E-state index contributed by atoms with van der Waals surface area (Å²) < 4.78 is 77.1. The van der Waals surface area contributed by atoms with Crippen LogP contribution in [-0.2, 0) is 12.4 Å². The first kappa shape index (κ1) is 27.7. The minimum atomic E-state index is -4.63. The zero-order chi connectivity index (χ0) is 28.5. The number of hydrogen-bond donors (Lipinski definition) is 3. The molecule has 0 atom stereocenters. The van der Waals surface area contributed by atoms with Crippen LogP contribution in [0.3, 0.4) is 0 Å². The molecule has 2 aromatic carbocycles. The second kappa shape index (κ2) is 10.4. The Bertz CT molecular complexity index is 1460. The van der Waals surface area contributed by atoms with Gasteiger partial charge in [-0.2, -0.15) is 26.3 Å². The smallest absolute Gasteiger partial charge is 0.367 e. The quantitative estimate of drug-likeness (QED) is 0.244. The Morgan fingerprint density at radius 2 is 1.59 bits per heavy atom. The summed E-state index contributed by atoms with van der Waals surface area (Å²) in [4.78, 5) is 42.7. The number of anilines is 3. The van der Waals surface area contributed by atoms with Crippen LogP contribution >= 0.6 is 11.6 Å². The maximum Gasteiger partial charge on any atom is 0.417 e. The number of fused-ring (bicyclic) bond motifs is 1. The molecule has 0 radical (unpaired) electrons. The largest absolute Gasteiger partial charge is 0.417 e. The Hall–Kier alpha value is -4.33. The van der Waals surface area contributed by atoms with Crippen LogP contribution in [0.2, 0.25) is 5.02 Å². The van der Waals surface area contributed by atoms with Crippen LogP contribution in [-0.4, -0.2) is 40.8 Å². The lowest BCUT2D eigenvalue weighted by atomic mass is 10.1. The third-order valence-electron chi connectivity index (χ3n) is 5.49. The average Bonchev–Trinajstić information content (AvgIpc) is 3.09. The average molecular weight is 572 g/mol. The summed E-state index contributed by atoms with van der Waals surface area (Å²) in [5.41, 5.74) is -2.39. The van der Waals surface area contributed by atoms with Crippen LogP contribution in [0.1, 0.15) is 31.8 Å². The third-order valence-corrected chi connectivity index (χ3v) is 5.78. The lowest BCUT2D eigenvalue weighted by Crippen LogP contribution is -2.34. The first-order valence-electron chi connectivity index (χ1n) is 11.0. The monoisotopic (exact) mass is 571 g/mol. The predicted octanol–water partition coefficient (Wildman–Crippen LogP) is 6.12. The number of nitrogens with zero attached hydrogens (tertiary/aromatic N) is 2. The molecule has 1 aromatic heterocycles. The fourth-order valence-corrected chi connectivity index (χ4v) is 3.94. The van der Waals surface area contributed by atoms with Crippen LogP contribution in [0, 0.1) is 0 Å². The molecule has 0 unspecified atom stereocenters. The fraction of sp³-hybridized carbons (Fsp3) is 0.167. The second-order valence-corrected chi connectivity index (χ2v) is 8.53. The number of pyridine rings is 1. The van der Waals surface area contributed by atoms with E-state index in [1.165, 1.54) is 24.3 Å². The molecule has 0 bridgehead atoms. The summed E-state index contributed by atoms with van der Waals surface area (Å²) >= 11 is 5.85. The molecule has 4 amide bonds. The molecule has 0 saturated carbocycles. The van der Waals surface area contributed by atoms with Crippen molar-refractivity contribution in [2.24, 2.45) is 0 Å². The van der Waals surface area contributed by atoms with Gasteiger partial charge in [0.1, 0.15) is 5.82 Å². The lowest BCUT2D eigenvalue weighted by molar-refractivity contribution is -0.138. The van der Waals surface area contributed by atoms with Crippen molar-refractivity contribution in [3.63, 3.8) is 0 Å². The molecule has 8 nitrogen and oxygen atoms in total. The normalized spacial score (nSPS) is 13.4. The molecule has 1 aliphatic rings. The van der Waals surface area contributed by atoms with Crippen molar-refractivity contribution in [3.05, 3.63) is 82.0 Å². The number of rotatable bonds is 6. The van der Waals surface area contributed by atoms with Gasteiger partial charge in [-0.25, -0.2) is 9.78 Å². The Morgan fingerprint density at radius 1 is 0.897 bits per heavy atom. The molecule has 0 saturated heterocycles. The molecule has 0 fully saturated rings. The Balaban J connectivity index is 1.42. The van der Waals surface area contributed by atoms with E-state index in [0.29, 0.717) is 12.3 Å². The second-order valence-electron chi connectivity index (χ2n) is 8.13. The standard InChI is InChI=1S/C24H16ClF6N5O3/c25-16-10-13(24(29,30)31)11-33-19(16)32-7-8-36-20(37)15-5-2-6-17(18(15)21(36)38)35-22(39)34-14-4-1-3-12(9-14)23(26,27)28/h1-6,9-11H,7-8H2,(H,32,33)(H2,34,35,39). The highest BCUT2D eigenvalue weighted by molar-refractivity contribution is 6.33. The summed E-state index contributed by atoms with van der Waals surface area (Å²) in [6.45, 7) is -0.330. The summed E-state index contributed by atoms with van der Waals surface area (Å²) in [5.74, 6) is -1.54. The van der Waals surface area contributed by atoms with Gasteiger partial charge in [-0.15, -0.1) is 0 Å². The summed E-state index contributed by atoms with van der Waals surface area (Å²) in [6.07, 6.45) is -8.67. The van der Waals surface area contributed by atoms with Crippen molar-refractivity contribution in [3.8, 4) is 0 Å². The molecule has 3 N–H and O–H groups in total. The Morgan fingerprint density at radius 3 is 2.26 bits per heavy atom. The van der Waals surface area contributed by atoms with E-state index in [2.05, 4.69) is 20.9 Å². The number of aromatic nitrogens is 1. The molecule has 4 rings (SSSR count). The maximum absolute atomic E-state index is 13.0. The van der Waals surface area contributed by atoms with E-state index in [0.717, 1.165) is 23.1 Å². The summed E-state index contributed by atoms with van der Waals surface area (Å²) in [7, 11) is 0. The van der Waals surface area contributed by atoms with Crippen molar-refractivity contribution < 1.29 is 40.7 Å². The Labute approximate surface area is 221 Å². The van der Waals surface area contributed by atoms with Gasteiger partial charge in [-0.05, 0) is 36.4 Å². The van der Waals surface area contributed by atoms with E-state index in [1.807, 2.05) is 0 Å². The van der Waals surface area contributed by atoms with Crippen molar-refractivity contribution in [1.82, 2.24) is 9.88 Å². The van der Waals surface area contributed by atoms with Crippen LogP contribution in [0.4, 0.5) is 48.3 Å². The van der Waals surface area contributed by atoms with Crippen LogP contribution in [0.5, 0.6) is 0 Å². The highest BCUT2D eigenvalue weighted by atomic mass is 35.5. The molecule has 1 aliphatic heterocycles. The molecule has 15 heteroatoms. The van der Waals surface area contributed by atoms with Crippen molar-refractivity contribution in [1.29, 1.82) is 0 Å². The number of amides is 4. The van der Waals surface area contributed by atoms with E-state index in [1.54, 1.807) is 0 Å². The van der Waals surface area contributed by atoms with Gasteiger partial charge in [0.15, 0.2) is 0 Å². The van der Waals surface area contributed by atoms with Gasteiger partial charge in [-0.1, -0.05) is 23.7 Å². The van der Waals surface area contributed by atoms with E-state index in [9.17, 15) is 40.7 Å². The number of carbonyl (C=O) groups is 3. The van der Waals surface area contributed by atoms with Gasteiger partial charge in [-0.3, -0.25) is 14.5 Å². The fourth-order valence-electron chi connectivity index (χ4n) is 3.71. The topological polar surface area (TPSA) is 103 Å². The number of benzene rings is 2. The third kappa shape index (κ3) is 6.06. The van der Waals surface area contributed by atoms with E-state index >= 15 is 0 Å². The van der Waals surface area contributed by atoms with Crippen molar-refractivity contribution in [2.75, 3.05) is 29.0 Å².